The minimum Gasteiger partial charge on any atom is -0.315 e. The summed E-state index contributed by atoms with van der Waals surface area (Å²) in [7, 11) is -7.36. The number of sulfone groups is 1. The molecule has 1 unspecified atom stereocenters. The monoisotopic (exact) mass is 388 g/mol. The molecule has 22 heavy (non-hydrogen) atoms. The molecule has 1 aliphatic heterocycles. The molecule has 1 saturated heterocycles. The summed E-state index contributed by atoms with van der Waals surface area (Å²) in [6.07, 6.45) is 2.63. The third kappa shape index (κ3) is 4.81. The maximum Gasteiger partial charge on any atom is 0.242 e. The van der Waals surface area contributed by atoms with Crippen LogP contribution in [-0.4, -0.2) is 42.2 Å². The average molecular weight is 389 g/mol. The van der Waals surface area contributed by atoms with Crippen molar-refractivity contribution in [2.75, 3.05) is 19.3 Å². The predicted molar refractivity (Wildman–Crippen MR) is 88.0 cm³/mol. The first kappa shape index (κ1) is 19.7. The molecule has 1 fully saturated rings. The first-order valence-electron chi connectivity index (χ1n) is 6.43. The molecule has 10 heteroatoms. The highest BCUT2D eigenvalue weighted by molar-refractivity contribution is 7.91. The van der Waals surface area contributed by atoms with Crippen LogP contribution in [0.25, 0.3) is 0 Å². The molecule has 1 atom stereocenters. The molecule has 0 radical (unpaired) electrons. The normalized spacial score (nSPS) is 19.5. The summed E-state index contributed by atoms with van der Waals surface area (Å²) in [5, 5.41) is 3.10. The van der Waals surface area contributed by atoms with Crippen LogP contribution in [0.3, 0.4) is 0 Å². The Hall–Kier alpha value is -0.380. The van der Waals surface area contributed by atoms with Crippen LogP contribution in [0.4, 0.5) is 0 Å². The highest BCUT2D eigenvalue weighted by Crippen LogP contribution is 2.25. The molecule has 6 nitrogen and oxygen atoms in total. The summed E-state index contributed by atoms with van der Waals surface area (Å²) >= 11 is 5.92. The van der Waals surface area contributed by atoms with Crippen LogP contribution in [0, 0.1) is 0 Å². The third-order valence-corrected chi connectivity index (χ3v) is 6.35. The van der Waals surface area contributed by atoms with Gasteiger partial charge >= 0.3 is 0 Å². The van der Waals surface area contributed by atoms with Crippen molar-refractivity contribution in [3.63, 3.8) is 0 Å². The molecule has 0 spiro atoms. The number of sulfonamides is 1. The van der Waals surface area contributed by atoms with E-state index in [0.29, 0.717) is 6.54 Å². The maximum atomic E-state index is 12.4. The van der Waals surface area contributed by atoms with Crippen LogP contribution in [0.5, 0.6) is 0 Å². The Balaban J connectivity index is 0.00000242. The topological polar surface area (TPSA) is 92.3 Å². The second kappa shape index (κ2) is 7.46. The number of hydrogen-bond acceptors (Lipinski definition) is 5. The van der Waals surface area contributed by atoms with Gasteiger partial charge in [0.2, 0.25) is 10.0 Å². The van der Waals surface area contributed by atoms with Gasteiger partial charge in [-0.2, -0.15) is 0 Å². The van der Waals surface area contributed by atoms with Crippen LogP contribution in [-0.2, 0) is 19.9 Å². The molecule has 1 heterocycles. The van der Waals surface area contributed by atoms with Crippen molar-refractivity contribution < 1.29 is 16.8 Å². The van der Waals surface area contributed by atoms with Crippen molar-refractivity contribution >= 4 is 43.9 Å². The first-order valence-corrected chi connectivity index (χ1v) is 10.2. The Bertz CT molecular complexity index is 729. The molecule has 2 N–H and O–H groups in total. The first-order chi connectivity index (χ1) is 9.70. The molecular formula is C12H18Cl2N2O4S2. The van der Waals surface area contributed by atoms with E-state index in [1.165, 1.54) is 12.1 Å². The lowest BCUT2D eigenvalue weighted by Gasteiger charge is -2.23. The molecule has 2 rings (SSSR count). The second-order valence-electron chi connectivity index (χ2n) is 5.03. The van der Waals surface area contributed by atoms with Gasteiger partial charge in [0.25, 0.3) is 0 Å². The fraction of sp³-hybridized carbons (Fsp3) is 0.500. The molecule has 0 amide bonds. The van der Waals surface area contributed by atoms with Gasteiger partial charge in [-0.05, 0) is 37.6 Å². The van der Waals surface area contributed by atoms with Crippen molar-refractivity contribution in [3.05, 3.63) is 23.2 Å². The maximum absolute atomic E-state index is 12.4. The average Bonchev–Trinajstić information content (AvgIpc) is 2.38. The van der Waals surface area contributed by atoms with Gasteiger partial charge in [0, 0.05) is 18.8 Å². The number of hydrogen-bond donors (Lipinski definition) is 2. The van der Waals surface area contributed by atoms with Crippen LogP contribution in [0.1, 0.15) is 12.8 Å². The predicted octanol–water partition coefficient (Wildman–Crippen LogP) is 1.20. The van der Waals surface area contributed by atoms with Crippen LogP contribution >= 0.6 is 24.0 Å². The fourth-order valence-corrected chi connectivity index (χ4v) is 4.67. The largest absolute Gasteiger partial charge is 0.315 e. The molecule has 0 saturated carbocycles. The van der Waals surface area contributed by atoms with Crippen LogP contribution < -0.4 is 10.0 Å². The summed E-state index contributed by atoms with van der Waals surface area (Å²) < 4.78 is 50.4. The van der Waals surface area contributed by atoms with Gasteiger partial charge in [-0.1, -0.05) is 11.6 Å². The van der Waals surface area contributed by atoms with E-state index in [9.17, 15) is 16.8 Å². The van der Waals surface area contributed by atoms with E-state index in [2.05, 4.69) is 10.0 Å². The van der Waals surface area contributed by atoms with Crippen molar-refractivity contribution in [3.8, 4) is 0 Å². The summed E-state index contributed by atoms with van der Waals surface area (Å²) in [6.45, 7) is 1.41. The lowest BCUT2D eigenvalue weighted by molar-refractivity contribution is 0.428. The Morgan fingerprint density at radius 2 is 1.95 bits per heavy atom. The lowest BCUT2D eigenvalue weighted by Crippen LogP contribution is -2.45. The molecule has 0 aliphatic carbocycles. The molecule has 1 aliphatic rings. The summed E-state index contributed by atoms with van der Waals surface area (Å²) in [5.74, 6) is 0. The zero-order valence-corrected chi connectivity index (χ0v) is 15.1. The number of benzene rings is 1. The van der Waals surface area contributed by atoms with Crippen molar-refractivity contribution in [1.82, 2.24) is 10.0 Å². The molecule has 126 valence electrons. The van der Waals surface area contributed by atoms with Gasteiger partial charge in [-0.25, -0.2) is 21.6 Å². The minimum absolute atomic E-state index is 0. The summed E-state index contributed by atoms with van der Waals surface area (Å²) in [5.41, 5.74) is 0. The van der Waals surface area contributed by atoms with Gasteiger partial charge in [0.15, 0.2) is 9.84 Å². The number of rotatable bonds is 4. The zero-order chi connectivity index (χ0) is 15.7. The van der Waals surface area contributed by atoms with Crippen molar-refractivity contribution in [2.45, 2.75) is 28.7 Å². The van der Waals surface area contributed by atoms with E-state index >= 15 is 0 Å². The van der Waals surface area contributed by atoms with Crippen molar-refractivity contribution in [2.24, 2.45) is 0 Å². The van der Waals surface area contributed by atoms with E-state index in [1.807, 2.05) is 0 Å². The van der Waals surface area contributed by atoms with Gasteiger partial charge < -0.3 is 5.32 Å². The Morgan fingerprint density at radius 1 is 1.27 bits per heavy atom. The van der Waals surface area contributed by atoms with E-state index in [4.69, 9.17) is 11.6 Å². The van der Waals surface area contributed by atoms with Crippen molar-refractivity contribution in [1.29, 1.82) is 0 Å². The van der Waals surface area contributed by atoms with Crippen LogP contribution in [0.15, 0.2) is 28.0 Å². The molecular weight excluding hydrogens is 371 g/mol. The highest BCUT2D eigenvalue weighted by atomic mass is 35.5. The SMILES string of the molecule is CS(=O)(=O)c1ccc(Cl)c(S(=O)(=O)NC2CCCNC2)c1.Cl. The number of nitrogens with one attached hydrogen (secondary N) is 2. The van der Waals surface area contributed by atoms with Gasteiger partial charge in [0.05, 0.1) is 9.92 Å². The second-order valence-corrected chi connectivity index (χ2v) is 9.13. The zero-order valence-electron chi connectivity index (χ0n) is 11.9. The van der Waals surface area contributed by atoms with E-state index in [0.717, 1.165) is 31.7 Å². The smallest absolute Gasteiger partial charge is 0.242 e. The Kier molecular flexibility index (Phi) is 6.67. The van der Waals surface area contributed by atoms with Gasteiger partial charge in [-0.15, -0.1) is 12.4 Å². The Morgan fingerprint density at radius 3 is 2.50 bits per heavy atom. The van der Waals surface area contributed by atoms with Crippen LogP contribution in [0.2, 0.25) is 5.02 Å². The number of piperidine rings is 1. The third-order valence-electron chi connectivity index (χ3n) is 3.24. The summed E-state index contributed by atoms with van der Waals surface area (Å²) in [6, 6.07) is 3.45. The van der Waals surface area contributed by atoms with E-state index < -0.39 is 19.9 Å². The molecule has 0 bridgehead atoms. The number of halogens is 2. The highest BCUT2D eigenvalue weighted by Gasteiger charge is 2.25. The van der Waals surface area contributed by atoms with E-state index in [-0.39, 0.29) is 33.3 Å². The van der Waals surface area contributed by atoms with Gasteiger partial charge in [0.1, 0.15) is 4.90 Å². The Labute approximate surface area is 142 Å². The molecule has 0 aromatic heterocycles. The lowest BCUT2D eigenvalue weighted by atomic mass is 10.1. The van der Waals surface area contributed by atoms with E-state index in [1.54, 1.807) is 0 Å². The quantitative estimate of drug-likeness (QED) is 0.807. The minimum atomic E-state index is -3.86. The fourth-order valence-electron chi connectivity index (χ4n) is 2.16. The standard InChI is InChI=1S/C12H17ClN2O4S2.ClH/c1-20(16,17)10-4-5-11(13)12(7-10)21(18,19)15-9-3-2-6-14-8-9;/h4-5,7,9,14-15H,2-3,6,8H2,1H3;1H. The summed E-state index contributed by atoms with van der Waals surface area (Å²) in [4.78, 5) is -0.285. The molecule has 1 aromatic rings. The van der Waals surface area contributed by atoms with Gasteiger partial charge in [-0.3, -0.25) is 0 Å². The molecule has 1 aromatic carbocycles.